The van der Waals surface area contributed by atoms with Crippen molar-refractivity contribution in [3.05, 3.63) is 28.5 Å². The Morgan fingerprint density at radius 3 is 2.69 bits per heavy atom. The first kappa shape index (κ1) is 11.1. The highest BCUT2D eigenvalue weighted by Gasteiger charge is 2.16. The number of nitrogens with zero attached hydrogens (tertiary/aromatic N) is 3. The van der Waals surface area contributed by atoms with Gasteiger partial charge in [0.1, 0.15) is 5.82 Å². The third-order valence-electron chi connectivity index (χ3n) is 2.28. The molecule has 84 valence electrons. The van der Waals surface area contributed by atoms with Crippen LogP contribution in [0.15, 0.2) is 22.7 Å². The van der Waals surface area contributed by atoms with Gasteiger partial charge in [0.15, 0.2) is 5.82 Å². The lowest BCUT2D eigenvalue weighted by atomic mass is 10.2. The quantitative estimate of drug-likeness (QED) is 0.921. The number of hydrogen-bond donors (Lipinski definition) is 1. The number of anilines is 1. The van der Waals surface area contributed by atoms with E-state index in [2.05, 4.69) is 31.4 Å². The molecule has 16 heavy (non-hydrogen) atoms. The summed E-state index contributed by atoms with van der Waals surface area (Å²) in [5, 5.41) is 10.7. The van der Waals surface area contributed by atoms with Crippen LogP contribution in [0.2, 0.25) is 0 Å². The Labute approximate surface area is 101 Å². The van der Waals surface area contributed by atoms with Crippen molar-refractivity contribution < 1.29 is 4.39 Å². The molecule has 2 rings (SSSR count). The van der Waals surface area contributed by atoms with Crippen molar-refractivity contribution in [2.75, 3.05) is 12.4 Å². The fourth-order valence-electron chi connectivity index (χ4n) is 1.48. The van der Waals surface area contributed by atoms with Crippen LogP contribution in [0.5, 0.6) is 0 Å². The summed E-state index contributed by atoms with van der Waals surface area (Å²) < 4.78 is 16.1. The van der Waals surface area contributed by atoms with Crippen LogP contribution in [0, 0.1) is 5.82 Å². The minimum Gasteiger partial charge on any atom is -0.357 e. The zero-order valence-electron chi connectivity index (χ0n) is 8.83. The third-order valence-corrected chi connectivity index (χ3v) is 2.95. The fraction of sp³-hybridized carbons (Fsp3) is 0.200. The number of aromatic nitrogens is 3. The van der Waals surface area contributed by atoms with Crippen molar-refractivity contribution in [3.63, 3.8) is 0 Å². The van der Waals surface area contributed by atoms with E-state index in [0.717, 1.165) is 0 Å². The van der Waals surface area contributed by atoms with Crippen LogP contribution in [-0.4, -0.2) is 21.8 Å². The molecule has 0 spiro atoms. The van der Waals surface area contributed by atoms with E-state index in [9.17, 15) is 4.39 Å². The van der Waals surface area contributed by atoms with Crippen molar-refractivity contribution in [1.29, 1.82) is 0 Å². The predicted molar refractivity (Wildman–Crippen MR) is 63.6 cm³/mol. The Kier molecular flexibility index (Phi) is 2.91. The Balaban J connectivity index is 2.63. The molecular weight excluding hydrogens is 275 g/mol. The molecule has 6 heteroatoms. The Morgan fingerprint density at radius 1 is 1.38 bits per heavy atom. The molecular formula is C10H10BrFN4. The SMILES string of the molecule is CNc1nnc(-c2c(F)cccc2Br)n1C. The molecule has 1 aromatic carbocycles. The third kappa shape index (κ3) is 1.69. The molecule has 0 bridgehead atoms. The fourth-order valence-corrected chi connectivity index (χ4v) is 2.00. The van der Waals surface area contributed by atoms with Crippen LogP contribution in [0.1, 0.15) is 0 Å². The highest BCUT2D eigenvalue weighted by molar-refractivity contribution is 9.10. The molecule has 0 saturated heterocycles. The van der Waals surface area contributed by atoms with Crippen molar-refractivity contribution in [1.82, 2.24) is 14.8 Å². The van der Waals surface area contributed by atoms with Crippen LogP contribution in [0.4, 0.5) is 10.3 Å². The highest BCUT2D eigenvalue weighted by atomic mass is 79.9. The van der Waals surface area contributed by atoms with Gasteiger partial charge in [0.25, 0.3) is 0 Å². The van der Waals surface area contributed by atoms with Crippen molar-refractivity contribution in [2.45, 2.75) is 0 Å². The molecule has 0 atom stereocenters. The average Bonchev–Trinajstić information content (AvgIpc) is 2.60. The van der Waals surface area contributed by atoms with Crippen LogP contribution in [0.3, 0.4) is 0 Å². The van der Waals surface area contributed by atoms with E-state index < -0.39 is 0 Å². The van der Waals surface area contributed by atoms with Gasteiger partial charge in [-0.3, -0.25) is 4.57 Å². The van der Waals surface area contributed by atoms with Crippen molar-refractivity contribution >= 4 is 21.9 Å². The molecule has 0 aliphatic carbocycles. The number of hydrogen-bond acceptors (Lipinski definition) is 3. The first-order valence-electron chi connectivity index (χ1n) is 4.66. The lowest BCUT2D eigenvalue weighted by molar-refractivity contribution is 0.628. The Hall–Kier alpha value is -1.43. The monoisotopic (exact) mass is 284 g/mol. The molecule has 0 radical (unpaired) electrons. The molecule has 1 aromatic heterocycles. The van der Waals surface area contributed by atoms with Gasteiger partial charge < -0.3 is 5.32 Å². The number of benzene rings is 1. The van der Waals surface area contributed by atoms with Crippen LogP contribution >= 0.6 is 15.9 Å². The molecule has 0 saturated carbocycles. The van der Waals surface area contributed by atoms with E-state index in [4.69, 9.17) is 0 Å². The molecule has 0 aliphatic heterocycles. The zero-order valence-corrected chi connectivity index (χ0v) is 10.4. The standard InChI is InChI=1S/C10H10BrFN4/c1-13-10-15-14-9(16(10)2)8-6(11)4-3-5-7(8)12/h3-5H,1-2H3,(H,13,15). The maximum Gasteiger partial charge on any atom is 0.224 e. The van der Waals surface area contributed by atoms with E-state index >= 15 is 0 Å². The summed E-state index contributed by atoms with van der Waals surface area (Å²) in [6, 6.07) is 4.80. The van der Waals surface area contributed by atoms with Gasteiger partial charge in [-0.1, -0.05) is 6.07 Å². The minimum absolute atomic E-state index is 0.326. The van der Waals surface area contributed by atoms with Gasteiger partial charge in [0, 0.05) is 18.6 Å². The summed E-state index contributed by atoms with van der Waals surface area (Å²) >= 11 is 3.31. The summed E-state index contributed by atoms with van der Waals surface area (Å²) in [6.07, 6.45) is 0. The maximum atomic E-state index is 13.7. The van der Waals surface area contributed by atoms with Gasteiger partial charge >= 0.3 is 0 Å². The Morgan fingerprint density at radius 2 is 2.12 bits per heavy atom. The normalized spacial score (nSPS) is 10.5. The molecule has 1 heterocycles. The van der Waals surface area contributed by atoms with E-state index in [1.807, 2.05) is 0 Å². The number of halogens is 2. The molecule has 0 unspecified atom stereocenters. The lowest BCUT2D eigenvalue weighted by Gasteiger charge is -2.06. The zero-order chi connectivity index (χ0) is 11.7. The van der Waals surface area contributed by atoms with E-state index in [1.54, 1.807) is 30.8 Å². The van der Waals surface area contributed by atoms with E-state index in [1.165, 1.54) is 6.07 Å². The van der Waals surface area contributed by atoms with Gasteiger partial charge in [0.05, 0.1) is 5.56 Å². The van der Waals surface area contributed by atoms with Crippen LogP contribution in [-0.2, 0) is 7.05 Å². The van der Waals surface area contributed by atoms with Crippen molar-refractivity contribution in [2.24, 2.45) is 7.05 Å². The van der Waals surface area contributed by atoms with E-state index in [-0.39, 0.29) is 5.82 Å². The first-order chi connectivity index (χ1) is 7.65. The largest absolute Gasteiger partial charge is 0.357 e. The van der Waals surface area contributed by atoms with Gasteiger partial charge in [-0.05, 0) is 28.1 Å². The van der Waals surface area contributed by atoms with Gasteiger partial charge in [-0.15, -0.1) is 10.2 Å². The maximum absolute atomic E-state index is 13.7. The lowest BCUT2D eigenvalue weighted by Crippen LogP contribution is -2.01. The summed E-state index contributed by atoms with van der Waals surface area (Å²) in [5.41, 5.74) is 0.416. The second-order valence-electron chi connectivity index (χ2n) is 3.25. The second-order valence-corrected chi connectivity index (χ2v) is 4.11. The Bertz CT molecular complexity index is 503. The molecule has 0 aliphatic rings. The second kappa shape index (κ2) is 4.21. The van der Waals surface area contributed by atoms with Crippen LogP contribution in [0.25, 0.3) is 11.4 Å². The minimum atomic E-state index is -0.326. The topological polar surface area (TPSA) is 42.7 Å². The highest BCUT2D eigenvalue weighted by Crippen LogP contribution is 2.29. The smallest absolute Gasteiger partial charge is 0.224 e. The molecule has 4 nitrogen and oxygen atoms in total. The summed E-state index contributed by atoms with van der Waals surface area (Å²) in [5.74, 6) is 0.743. The number of nitrogens with one attached hydrogen (secondary N) is 1. The molecule has 0 amide bonds. The van der Waals surface area contributed by atoms with E-state index in [0.29, 0.717) is 21.8 Å². The van der Waals surface area contributed by atoms with Crippen LogP contribution < -0.4 is 5.32 Å². The first-order valence-corrected chi connectivity index (χ1v) is 5.46. The van der Waals surface area contributed by atoms with Crippen molar-refractivity contribution in [3.8, 4) is 11.4 Å². The summed E-state index contributed by atoms with van der Waals surface area (Å²) in [4.78, 5) is 0. The van der Waals surface area contributed by atoms with Gasteiger partial charge in [-0.25, -0.2) is 4.39 Å². The number of rotatable bonds is 2. The summed E-state index contributed by atoms with van der Waals surface area (Å²) in [6.45, 7) is 0. The molecule has 0 fully saturated rings. The van der Waals surface area contributed by atoms with Gasteiger partial charge in [-0.2, -0.15) is 0 Å². The predicted octanol–water partition coefficient (Wildman–Crippen LogP) is 2.43. The van der Waals surface area contributed by atoms with Gasteiger partial charge in [0.2, 0.25) is 5.95 Å². The molecule has 1 N–H and O–H groups in total. The summed E-state index contributed by atoms with van der Waals surface area (Å²) in [7, 11) is 3.52. The average molecular weight is 285 g/mol. The molecule has 2 aromatic rings.